The number of piperidine rings is 1. The molecule has 2 aliphatic heterocycles. The molecule has 2 saturated heterocycles. The molecule has 0 radical (unpaired) electrons. The van der Waals surface area contributed by atoms with Crippen molar-refractivity contribution >= 4 is 23.3 Å². The van der Waals surface area contributed by atoms with Gasteiger partial charge in [0.05, 0.1) is 6.54 Å². The van der Waals surface area contributed by atoms with Crippen molar-refractivity contribution in [3.63, 3.8) is 0 Å². The Bertz CT molecular complexity index is 955. The van der Waals surface area contributed by atoms with Gasteiger partial charge in [0, 0.05) is 32.1 Å². The minimum atomic E-state index is -0.646. The van der Waals surface area contributed by atoms with Crippen LogP contribution in [0.15, 0.2) is 9.59 Å². The molecule has 0 saturated carbocycles. The lowest BCUT2D eigenvalue weighted by Crippen LogP contribution is -2.48. The Labute approximate surface area is 201 Å². The number of aromatic amines is 1. The quantitative estimate of drug-likeness (QED) is 0.584. The molecule has 0 spiro atoms. The van der Waals surface area contributed by atoms with E-state index in [1.807, 2.05) is 16.7 Å². The molecular weight excluding hydrogens is 436 g/mol. The molecule has 0 aromatic carbocycles. The molecular formula is C24H40N6O4. The van der Waals surface area contributed by atoms with Gasteiger partial charge in [0.25, 0.3) is 5.56 Å². The molecule has 34 heavy (non-hydrogen) atoms. The number of carbonyl (C=O) groups excluding carboxylic acids is 2. The fraction of sp³-hybridized carbons (Fsp3) is 0.750. The highest BCUT2D eigenvalue weighted by Crippen LogP contribution is 2.23. The summed E-state index contributed by atoms with van der Waals surface area (Å²) in [4.78, 5) is 58.6. The number of likely N-dealkylation sites (N-methyl/N-ethyl adjacent to an activating group) is 1. The Morgan fingerprint density at radius 1 is 1.03 bits per heavy atom. The van der Waals surface area contributed by atoms with E-state index in [0.29, 0.717) is 19.6 Å². The molecule has 0 bridgehead atoms. The number of anilines is 2. The summed E-state index contributed by atoms with van der Waals surface area (Å²) in [6, 6.07) is 0. The molecule has 2 amide bonds. The van der Waals surface area contributed by atoms with E-state index in [1.54, 1.807) is 6.92 Å². The second-order valence-electron chi connectivity index (χ2n) is 9.43. The van der Waals surface area contributed by atoms with Crippen LogP contribution in [0.3, 0.4) is 0 Å². The SMILES string of the molecule is CCCCn1c(N)c(N(CC)C(=O)CN2CCC(C(=O)N3CCCCCC3)CC2)c(=O)[nH]c1=O. The molecule has 2 aliphatic rings. The molecule has 3 rings (SSSR count). The summed E-state index contributed by atoms with van der Waals surface area (Å²) in [6.45, 7) is 7.62. The number of nitrogens with two attached hydrogens (primary N) is 1. The number of hydrogen-bond acceptors (Lipinski definition) is 6. The third kappa shape index (κ3) is 6.08. The zero-order valence-electron chi connectivity index (χ0n) is 20.7. The monoisotopic (exact) mass is 476 g/mol. The van der Waals surface area contributed by atoms with Crippen LogP contribution in [0, 0.1) is 5.92 Å². The van der Waals surface area contributed by atoms with Gasteiger partial charge in [-0.2, -0.15) is 0 Å². The summed E-state index contributed by atoms with van der Waals surface area (Å²) in [5, 5.41) is 0. The first-order chi connectivity index (χ1) is 16.4. The number of aromatic nitrogens is 2. The fourth-order valence-electron chi connectivity index (χ4n) is 5.00. The first-order valence-electron chi connectivity index (χ1n) is 12.8. The minimum absolute atomic E-state index is 0.0207. The summed E-state index contributed by atoms with van der Waals surface area (Å²) in [7, 11) is 0. The van der Waals surface area contributed by atoms with Crippen LogP contribution in [-0.4, -0.2) is 70.4 Å². The molecule has 10 nitrogen and oxygen atoms in total. The average Bonchev–Trinajstić information content (AvgIpc) is 3.11. The molecule has 10 heteroatoms. The zero-order chi connectivity index (χ0) is 24.7. The van der Waals surface area contributed by atoms with Crippen molar-refractivity contribution in [3.05, 3.63) is 20.8 Å². The van der Waals surface area contributed by atoms with Crippen molar-refractivity contribution in [1.82, 2.24) is 19.4 Å². The molecule has 0 unspecified atom stereocenters. The van der Waals surface area contributed by atoms with Crippen LogP contribution in [0.1, 0.15) is 65.2 Å². The molecule has 3 heterocycles. The summed E-state index contributed by atoms with van der Waals surface area (Å²) < 4.78 is 1.33. The van der Waals surface area contributed by atoms with E-state index in [1.165, 1.54) is 22.3 Å². The normalized spacial score (nSPS) is 18.0. The lowest BCUT2D eigenvalue weighted by atomic mass is 9.95. The van der Waals surface area contributed by atoms with Gasteiger partial charge in [-0.25, -0.2) is 4.79 Å². The first kappa shape index (κ1) is 26.0. The number of H-pyrrole nitrogens is 1. The molecule has 0 aliphatic carbocycles. The highest BCUT2D eigenvalue weighted by Gasteiger charge is 2.31. The van der Waals surface area contributed by atoms with Crippen LogP contribution in [-0.2, 0) is 16.1 Å². The summed E-state index contributed by atoms with van der Waals surface area (Å²) in [6.07, 6.45) is 7.63. The highest BCUT2D eigenvalue weighted by molar-refractivity contribution is 5.96. The van der Waals surface area contributed by atoms with Gasteiger partial charge in [-0.15, -0.1) is 0 Å². The Morgan fingerprint density at radius 3 is 2.26 bits per heavy atom. The number of likely N-dealkylation sites (tertiary alicyclic amines) is 2. The van der Waals surface area contributed by atoms with Crippen molar-refractivity contribution in [2.75, 3.05) is 49.9 Å². The summed E-state index contributed by atoms with van der Waals surface area (Å²) in [5.74, 6) is 0.0703. The average molecular weight is 477 g/mol. The fourth-order valence-corrected chi connectivity index (χ4v) is 5.00. The maximum absolute atomic E-state index is 13.2. The van der Waals surface area contributed by atoms with Crippen molar-refractivity contribution < 1.29 is 9.59 Å². The number of nitrogens with one attached hydrogen (secondary N) is 1. The van der Waals surface area contributed by atoms with Gasteiger partial charge in [0.1, 0.15) is 5.82 Å². The topological polar surface area (TPSA) is 125 Å². The molecule has 2 fully saturated rings. The number of hydrogen-bond donors (Lipinski definition) is 2. The summed E-state index contributed by atoms with van der Waals surface area (Å²) >= 11 is 0. The lowest BCUT2D eigenvalue weighted by Gasteiger charge is -2.34. The molecule has 1 aromatic rings. The van der Waals surface area contributed by atoms with E-state index in [4.69, 9.17) is 5.73 Å². The minimum Gasteiger partial charge on any atom is -0.383 e. The van der Waals surface area contributed by atoms with Crippen LogP contribution in [0.5, 0.6) is 0 Å². The van der Waals surface area contributed by atoms with E-state index in [0.717, 1.165) is 51.6 Å². The standard InChI is InChI=1S/C24H40N6O4/c1-3-5-14-30-21(25)20(22(32)26-24(30)34)29(4-2)19(31)17-27-15-10-18(11-16-27)23(33)28-12-8-6-7-9-13-28/h18H,3-17,25H2,1-2H3,(H,26,32,34). The largest absolute Gasteiger partial charge is 0.383 e. The zero-order valence-corrected chi connectivity index (χ0v) is 20.7. The van der Waals surface area contributed by atoms with Crippen LogP contribution in [0.4, 0.5) is 11.5 Å². The van der Waals surface area contributed by atoms with Crippen molar-refractivity contribution in [2.45, 2.75) is 71.8 Å². The van der Waals surface area contributed by atoms with Crippen LogP contribution >= 0.6 is 0 Å². The van der Waals surface area contributed by atoms with Gasteiger partial charge >= 0.3 is 5.69 Å². The van der Waals surface area contributed by atoms with E-state index < -0.39 is 11.2 Å². The number of amides is 2. The van der Waals surface area contributed by atoms with Crippen LogP contribution in [0.2, 0.25) is 0 Å². The Kier molecular flexibility index (Phi) is 9.32. The van der Waals surface area contributed by atoms with Crippen LogP contribution in [0.25, 0.3) is 0 Å². The van der Waals surface area contributed by atoms with Gasteiger partial charge in [-0.1, -0.05) is 26.2 Å². The van der Waals surface area contributed by atoms with E-state index >= 15 is 0 Å². The molecule has 0 atom stereocenters. The highest BCUT2D eigenvalue weighted by atomic mass is 16.2. The van der Waals surface area contributed by atoms with Gasteiger partial charge in [0.2, 0.25) is 11.8 Å². The van der Waals surface area contributed by atoms with Crippen LogP contribution < -0.4 is 21.9 Å². The van der Waals surface area contributed by atoms with Gasteiger partial charge in [-0.05, 0) is 52.1 Å². The van der Waals surface area contributed by atoms with Crippen molar-refractivity contribution in [2.24, 2.45) is 5.92 Å². The second-order valence-corrected chi connectivity index (χ2v) is 9.43. The van der Waals surface area contributed by atoms with E-state index in [-0.39, 0.29) is 42.3 Å². The van der Waals surface area contributed by atoms with Gasteiger partial charge < -0.3 is 15.5 Å². The molecule has 190 valence electrons. The number of carbonyl (C=O) groups is 2. The third-order valence-corrected chi connectivity index (χ3v) is 7.05. The second kappa shape index (κ2) is 12.2. The number of unbranched alkanes of at least 4 members (excludes halogenated alkanes) is 1. The Morgan fingerprint density at radius 2 is 1.68 bits per heavy atom. The Hall–Kier alpha value is -2.62. The smallest absolute Gasteiger partial charge is 0.330 e. The number of nitrogen functional groups attached to an aromatic ring is 1. The van der Waals surface area contributed by atoms with E-state index in [9.17, 15) is 19.2 Å². The number of rotatable bonds is 8. The predicted molar refractivity (Wildman–Crippen MR) is 133 cm³/mol. The molecule has 1 aromatic heterocycles. The van der Waals surface area contributed by atoms with Crippen molar-refractivity contribution in [1.29, 1.82) is 0 Å². The van der Waals surface area contributed by atoms with Crippen molar-refractivity contribution in [3.8, 4) is 0 Å². The summed E-state index contributed by atoms with van der Waals surface area (Å²) in [5.41, 5.74) is 5.03. The Balaban J connectivity index is 1.63. The van der Waals surface area contributed by atoms with Gasteiger partial charge in [0.15, 0.2) is 5.69 Å². The number of nitrogens with zero attached hydrogens (tertiary/aromatic N) is 4. The maximum Gasteiger partial charge on any atom is 0.330 e. The predicted octanol–water partition coefficient (Wildman–Crippen LogP) is 1.39. The molecule has 3 N–H and O–H groups in total. The maximum atomic E-state index is 13.2. The van der Waals surface area contributed by atoms with E-state index in [2.05, 4.69) is 4.98 Å². The lowest BCUT2D eigenvalue weighted by molar-refractivity contribution is -0.137. The third-order valence-electron chi connectivity index (χ3n) is 7.05. The first-order valence-corrected chi connectivity index (χ1v) is 12.8. The van der Waals surface area contributed by atoms with Gasteiger partial charge in [-0.3, -0.25) is 28.8 Å².